The molecule has 0 aliphatic rings. The predicted octanol–water partition coefficient (Wildman–Crippen LogP) is 3.83. The van der Waals surface area contributed by atoms with Gasteiger partial charge in [-0.15, -0.1) is 0 Å². The van der Waals surface area contributed by atoms with Crippen LogP contribution in [0.5, 0.6) is 0 Å². The first-order valence-electron chi connectivity index (χ1n) is 6.29. The van der Waals surface area contributed by atoms with Crippen LogP contribution in [0.2, 0.25) is 0 Å². The second-order valence-corrected chi connectivity index (χ2v) is 7.22. The van der Waals surface area contributed by atoms with Crippen molar-refractivity contribution < 1.29 is 9.84 Å². The fraction of sp³-hybridized carbons (Fsp3) is 1.00. The third-order valence-electron chi connectivity index (χ3n) is 2.66. The van der Waals surface area contributed by atoms with E-state index in [9.17, 15) is 5.11 Å². The lowest BCUT2D eigenvalue weighted by Gasteiger charge is -2.38. The van der Waals surface area contributed by atoms with Crippen molar-refractivity contribution in [1.82, 2.24) is 0 Å². The molecule has 2 atom stereocenters. The van der Waals surface area contributed by atoms with Crippen LogP contribution in [0.1, 0.15) is 61.8 Å². The molecule has 1 N–H and O–H groups in total. The molecule has 0 fully saturated rings. The molecule has 0 bridgehead atoms. The van der Waals surface area contributed by atoms with Gasteiger partial charge < -0.3 is 9.84 Å². The molecule has 98 valence electrons. The molecule has 2 nitrogen and oxygen atoms in total. The Hall–Kier alpha value is -0.0800. The quantitative estimate of drug-likeness (QED) is 0.744. The van der Waals surface area contributed by atoms with E-state index in [1.54, 1.807) is 0 Å². The zero-order valence-corrected chi connectivity index (χ0v) is 12.3. The van der Waals surface area contributed by atoms with Gasteiger partial charge in [0.05, 0.1) is 5.60 Å². The third kappa shape index (κ3) is 6.49. The molecule has 0 aromatic heterocycles. The van der Waals surface area contributed by atoms with Crippen molar-refractivity contribution in [2.75, 3.05) is 0 Å². The fourth-order valence-corrected chi connectivity index (χ4v) is 1.85. The molecule has 2 unspecified atom stereocenters. The number of rotatable bonds is 4. The van der Waals surface area contributed by atoms with Gasteiger partial charge in [0.25, 0.3) is 0 Å². The smallest absolute Gasteiger partial charge is 0.158 e. The molecule has 2 heteroatoms. The van der Waals surface area contributed by atoms with E-state index in [-0.39, 0.29) is 16.9 Å². The highest BCUT2D eigenvalue weighted by Crippen LogP contribution is 2.35. The van der Waals surface area contributed by atoms with E-state index in [1.165, 1.54) is 0 Å². The Balaban J connectivity index is 4.64. The lowest BCUT2D eigenvalue weighted by molar-refractivity contribution is -0.210. The van der Waals surface area contributed by atoms with Crippen molar-refractivity contribution in [3.05, 3.63) is 0 Å². The van der Waals surface area contributed by atoms with Crippen LogP contribution >= 0.6 is 0 Å². The van der Waals surface area contributed by atoms with Crippen molar-refractivity contribution >= 4 is 0 Å². The maximum absolute atomic E-state index is 10.2. The molecule has 0 aromatic carbocycles. The van der Waals surface area contributed by atoms with Gasteiger partial charge in [-0.3, -0.25) is 0 Å². The summed E-state index contributed by atoms with van der Waals surface area (Å²) in [5.74, 6) is 0.745. The third-order valence-corrected chi connectivity index (χ3v) is 2.66. The van der Waals surface area contributed by atoms with Gasteiger partial charge in [0, 0.05) is 5.92 Å². The van der Waals surface area contributed by atoms with Gasteiger partial charge in [-0.2, -0.15) is 0 Å². The van der Waals surface area contributed by atoms with Crippen LogP contribution in [0.4, 0.5) is 0 Å². The Bertz CT molecular complexity index is 196. The average Bonchev–Trinajstić information content (AvgIpc) is 1.93. The first-order chi connectivity index (χ1) is 6.93. The van der Waals surface area contributed by atoms with E-state index in [0.29, 0.717) is 5.92 Å². The normalized spacial score (nSPS) is 17.6. The first-order valence-corrected chi connectivity index (χ1v) is 6.29. The van der Waals surface area contributed by atoms with Crippen molar-refractivity contribution in [3.8, 4) is 0 Å². The summed E-state index contributed by atoms with van der Waals surface area (Å²) in [5.41, 5.74) is -0.227. The molecule has 0 radical (unpaired) electrons. The molecule has 0 aliphatic carbocycles. The van der Waals surface area contributed by atoms with Gasteiger partial charge in [-0.05, 0) is 38.5 Å². The molecule has 16 heavy (non-hydrogen) atoms. The van der Waals surface area contributed by atoms with Crippen molar-refractivity contribution in [1.29, 1.82) is 0 Å². The van der Waals surface area contributed by atoms with Gasteiger partial charge in [-0.25, -0.2) is 0 Å². The van der Waals surface area contributed by atoms with E-state index in [1.807, 2.05) is 20.8 Å². The highest BCUT2D eigenvalue weighted by molar-refractivity contribution is 4.78. The minimum Gasteiger partial charge on any atom is -0.368 e. The maximum atomic E-state index is 10.2. The Morgan fingerprint density at radius 1 is 1.00 bits per heavy atom. The van der Waals surface area contributed by atoms with E-state index in [0.717, 1.165) is 6.42 Å². The average molecular weight is 230 g/mol. The Morgan fingerprint density at radius 3 is 1.69 bits per heavy atom. The summed E-state index contributed by atoms with van der Waals surface area (Å²) >= 11 is 0. The van der Waals surface area contributed by atoms with Crippen LogP contribution < -0.4 is 0 Å². The lowest BCUT2D eigenvalue weighted by atomic mass is 9.76. The van der Waals surface area contributed by atoms with E-state index in [4.69, 9.17) is 4.74 Å². The summed E-state index contributed by atoms with van der Waals surface area (Å²) in [6.07, 6.45) is 0.309. The zero-order chi connectivity index (χ0) is 13.1. The number of hydrogen-bond acceptors (Lipinski definition) is 2. The highest BCUT2D eigenvalue weighted by Gasteiger charge is 2.34. The molecule has 0 rings (SSSR count). The maximum Gasteiger partial charge on any atom is 0.158 e. The van der Waals surface area contributed by atoms with Gasteiger partial charge in [0.1, 0.15) is 0 Å². The number of aliphatic hydroxyl groups excluding tert-OH is 1. The topological polar surface area (TPSA) is 29.5 Å². The van der Waals surface area contributed by atoms with Crippen molar-refractivity contribution in [2.45, 2.75) is 73.7 Å². The predicted molar refractivity (Wildman–Crippen MR) is 69.2 cm³/mol. The summed E-state index contributed by atoms with van der Waals surface area (Å²) in [6, 6.07) is 0. The lowest BCUT2D eigenvalue weighted by Crippen LogP contribution is -2.39. The monoisotopic (exact) mass is 230 g/mol. The van der Waals surface area contributed by atoms with Crippen LogP contribution in [0.3, 0.4) is 0 Å². The minimum absolute atomic E-state index is 0.0644. The van der Waals surface area contributed by atoms with Crippen LogP contribution in [0, 0.1) is 17.3 Å². The number of aliphatic hydroxyl groups is 1. The molecule has 0 saturated heterocycles. The first kappa shape index (κ1) is 15.9. The van der Waals surface area contributed by atoms with Gasteiger partial charge in [-0.1, -0.05) is 34.6 Å². The summed E-state index contributed by atoms with van der Waals surface area (Å²) in [6.45, 7) is 16.8. The van der Waals surface area contributed by atoms with Crippen LogP contribution in [0.25, 0.3) is 0 Å². The van der Waals surface area contributed by atoms with E-state index in [2.05, 4.69) is 34.6 Å². The second-order valence-electron chi connectivity index (χ2n) is 7.22. The van der Waals surface area contributed by atoms with Crippen LogP contribution in [0.15, 0.2) is 0 Å². The van der Waals surface area contributed by atoms with Crippen molar-refractivity contribution in [3.63, 3.8) is 0 Å². The number of ether oxygens (including phenoxy) is 1. The zero-order valence-electron chi connectivity index (χ0n) is 12.3. The molecule has 0 heterocycles. The van der Waals surface area contributed by atoms with E-state index < -0.39 is 6.29 Å². The molecule has 0 aliphatic heterocycles. The Kier molecular flexibility index (Phi) is 5.48. The Labute approximate surface area is 101 Å². The van der Waals surface area contributed by atoms with Crippen LogP contribution in [-0.2, 0) is 4.74 Å². The van der Waals surface area contributed by atoms with Crippen molar-refractivity contribution in [2.24, 2.45) is 17.3 Å². The fourth-order valence-electron chi connectivity index (χ4n) is 1.85. The Morgan fingerprint density at radius 2 is 1.44 bits per heavy atom. The molecule has 0 amide bonds. The molecular formula is C14H30O2. The van der Waals surface area contributed by atoms with Gasteiger partial charge >= 0.3 is 0 Å². The second kappa shape index (κ2) is 5.50. The van der Waals surface area contributed by atoms with Gasteiger partial charge in [0.2, 0.25) is 0 Å². The summed E-state index contributed by atoms with van der Waals surface area (Å²) in [4.78, 5) is 0. The van der Waals surface area contributed by atoms with E-state index >= 15 is 0 Å². The summed E-state index contributed by atoms with van der Waals surface area (Å²) in [7, 11) is 0. The highest BCUT2D eigenvalue weighted by atomic mass is 16.6. The molecular weight excluding hydrogens is 200 g/mol. The van der Waals surface area contributed by atoms with Crippen LogP contribution in [-0.4, -0.2) is 17.0 Å². The largest absolute Gasteiger partial charge is 0.368 e. The summed E-state index contributed by atoms with van der Waals surface area (Å²) in [5, 5.41) is 10.2. The number of hydrogen-bond donors (Lipinski definition) is 1. The standard InChI is InChI=1S/C14H30O2/c1-10(2)9-11(13(3,4)5)12(15)16-14(6,7)8/h10-12,15H,9H2,1-8H3. The molecule has 0 saturated carbocycles. The molecule has 0 aromatic rings. The van der Waals surface area contributed by atoms with Gasteiger partial charge in [0.15, 0.2) is 6.29 Å². The minimum atomic E-state index is -0.678. The molecule has 0 spiro atoms. The SMILES string of the molecule is CC(C)CC(C(O)OC(C)(C)C)C(C)(C)C. The summed E-state index contributed by atoms with van der Waals surface area (Å²) < 4.78 is 5.68.